The molecule has 0 aliphatic heterocycles. The molecule has 0 aromatic heterocycles. The minimum Gasteiger partial charge on any atom is -0.507 e. The summed E-state index contributed by atoms with van der Waals surface area (Å²) in [5.74, 6) is 3.18. The maximum absolute atomic E-state index is 10.5. The standard InChI is InChI=1S/C29H50O2/c1-20(2)12-9-13-21(3)14-10-15-22(4)16-11-17-23(5)18-19-27-26(8)28(30)24(6)25(7)29(27)31/h17,20-22,30-31H,9-16,18-19H2,1-8H3. The molecule has 0 radical (unpaired) electrons. The monoisotopic (exact) mass is 430 g/mol. The van der Waals surface area contributed by atoms with Crippen molar-refractivity contribution in [2.75, 3.05) is 0 Å². The van der Waals surface area contributed by atoms with Crippen molar-refractivity contribution in [2.45, 2.75) is 120 Å². The summed E-state index contributed by atoms with van der Waals surface area (Å²) in [6.07, 6.45) is 14.7. The Morgan fingerprint density at radius 3 is 1.84 bits per heavy atom. The van der Waals surface area contributed by atoms with Gasteiger partial charge in [0.05, 0.1) is 0 Å². The van der Waals surface area contributed by atoms with Crippen molar-refractivity contribution in [3.63, 3.8) is 0 Å². The first-order valence-corrected chi connectivity index (χ1v) is 12.7. The van der Waals surface area contributed by atoms with Crippen molar-refractivity contribution < 1.29 is 10.2 Å². The Morgan fingerprint density at radius 1 is 0.742 bits per heavy atom. The van der Waals surface area contributed by atoms with Crippen LogP contribution >= 0.6 is 0 Å². The molecule has 1 aromatic carbocycles. The highest BCUT2D eigenvalue weighted by molar-refractivity contribution is 5.56. The highest BCUT2D eigenvalue weighted by Crippen LogP contribution is 2.37. The molecule has 2 heteroatoms. The van der Waals surface area contributed by atoms with Gasteiger partial charge in [0.2, 0.25) is 0 Å². The summed E-state index contributed by atoms with van der Waals surface area (Å²) < 4.78 is 0. The Hall–Kier alpha value is -1.44. The molecule has 2 N–H and O–H groups in total. The lowest BCUT2D eigenvalue weighted by molar-refractivity contribution is 0.393. The molecule has 0 spiro atoms. The Morgan fingerprint density at radius 2 is 1.26 bits per heavy atom. The molecule has 2 nitrogen and oxygen atoms in total. The summed E-state index contributed by atoms with van der Waals surface area (Å²) in [6.45, 7) is 17.3. The lowest BCUT2D eigenvalue weighted by Gasteiger charge is -2.16. The summed E-state index contributed by atoms with van der Waals surface area (Å²) in [7, 11) is 0. The number of hydrogen-bond donors (Lipinski definition) is 2. The minimum absolute atomic E-state index is 0.329. The van der Waals surface area contributed by atoms with E-state index >= 15 is 0 Å². The van der Waals surface area contributed by atoms with E-state index in [1.807, 2.05) is 20.8 Å². The van der Waals surface area contributed by atoms with Gasteiger partial charge in [0.1, 0.15) is 11.5 Å². The van der Waals surface area contributed by atoms with Crippen LogP contribution in [0, 0.1) is 38.5 Å². The fraction of sp³-hybridized carbons (Fsp3) is 0.724. The van der Waals surface area contributed by atoms with Crippen LogP contribution in [0.2, 0.25) is 0 Å². The van der Waals surface area contributed by atoms with E-state index in [1.54, 1.807) is 0 Å². The van der Waals surface area contributed by atoms with Gasteiger partial charge in [0.15, 0.2) is 0 Å². The Labute approximate surface area is 193 Å². The SMILES string of the molecule is CC(=CCCC(C)CCCC(C)CCCC(C)C)CCc1c(C)c(O)c(C)c(C)c1O. The third kappa shape index (κ3) is 9.71. The van der Waals surface area contributed by atoms with E-state index in [0.29, 0.717) is 11.5 Å². The van der Waals surface area contributed by atoms with Gasteiger partial charge in [-0.2, -0.15) is 0 Å². The molecule has 1 aromatic rings. The zero-order valence-corrected chi connectivity index (χ0v) is 21.8. The third-order valence-electron chi connectivity index (χ3n) is 7.16. The largest absolute Gasteiger partial charge is 0.507 e. The Bertz CT molecular complexity index is 670. The molecular weight excluding hydrogens is 380 g/mol. The lowest BCUT2D eigenvalue weighted by Crippen LogP contribution is -2.00. The Kier molecular flexibility index (Phi) is 12.3. The highest BCUT2D eigenvalue weighted by atomic mass is 16.3. The fourth-order valence-corrected chi connectivity index (χ4v) is 4.51. The lowest BCUT2D eigenvalue weighted by atomic mass is 9.91. The number of phenolic OH excluding ortho intramolecular Hbond substituents is 2. The molecule has 0 saturated carbocycles. The summed E-state index contributed by atoms with van der Waals surface area (Å²) >= 11 is 0. The first-order chi connectivity index (χ1) is 14.5. The molecule has 0 bridgehead atoms. The predicted octanol–water partition coefficient (Wildman–Crippen LogP) is 8.95. The van der Waals surface area contributed by atoms with Crippen LogP contribution < -0.4 is 0 Å². The molecule has 0 saturated heterocycles. The van der Waals surface area contributed by atoms with Gasteiger partial charge in [-0.05, 0) is 87.8 Å². The van der Waals surface area contributed by atoms with E-state index < -0.39 is 0 Å². The van der Waals surface area contributed by atoms with Gasteiger partial charge < -0.3 is 10.2 Å². The Balaban J connectivity index is 2.34. The van der Waals surface area contributed by atoms with Gasteiger partial charge in [0, 0.05) is 5.56 Å². The number of allylic oxidation sites excluding steroid dienone is 2. The summed E-state index contributed by atoms with van der Waals surface area (Å²) in [4.78, 5) is 0. The quantitative estimate of drug-likeness (QED) is 0.228. The van der Waals surface area contributed by atoms with Crippen molar-refractivity contribution in [2.24, 2.45) is 17.8 Å². The first-order valence-electron chi connectivity index (χ1n) is 12.7. The van der Waals surface area contributed by atoms with Crippen molar-refractivity contribution in [1.29, 1.82) is 0 Å². The molecular formula is C29H50O2. The second-order valence-corrected chi connectivity index (χ2v) is 10.6. The minimum atomic E-state index is 0.329. The maximum atomic E-state index is 10.5. The van der Waals surface area contributed by atoms with Crippen molar-refractivity contribution in [3.8, 4) is 11.5 Å². The van der Waals surface area contributed by atoms with Crippen LogP contribution in [0.25, 0.3) is 0 Å². The third-order valence-corrected chi connectivity index (χ3v) is 7.16. The van der Waals surface area contributed by atoms with Gasteiger partial charge >= 0.3 is 0 Å². The highest BCUT2D eigenvalue weighted by Gasteiger charge is 2.16. The van der Waals surface area contributed by atoms with Gasteiger partial charge in [0.25, 0.3) is 0 Å². The molecule has 0 heterocycles. The molecule has 0 amide bonds. The number of hydrogen-bond acceptors (Lipinski definition) is 2. The van der Waals surface area contributed by atoms with Crippen molar-refractivity contribution >= 4 is 0 Å². The average Bonchev–Trinajstić information content (AvgIpc) is 2.70. The number of benzene rings is 1. The second kappa shape index (κ2) is 13.9. The van der Waals surface area contributed by atoms with Crippen LogP contribution in [-0.4, -0.2) is 10.2 Å². The second-order valence-electron chi connectivity index (χ2n) is 10.6. The summed E-state index contributed by atoms with van der Waals surface area (Å²) in [5.41, 5.74) is 4.67. The number of rotatable bonds is 14. The maximum Gasteiger partial charge on any atom is 0.122 e. The molecule has 0 fully saturated rings. The van der Waals surface area contributed by atoms with Gasteiger partial charge in [-0.3, -0.25) is 0 Å². The van der Waals surface area contributed by atoms with E-state index in [0.717, 1.165) is 59.3 Å². The van der Waals surface area contributed by atoms with Crippen LogP contribution in [0.1, 0.15) is 115 Å². The van der Waals surface area contributed by atoms with Crippen LogP contribution in [0.4, 0.5) is 0 Å². The average molecular weight is 431 g/mol. The zero-order valence-electron chi connectivity index (χ0n) is 21.8. The molecule has 2 unspecified atom stereocenters. The van der Waals surface area contributed by atoms with Crippen LogP contribution in [0.3, 0.4) is 0 Å². The molecule has 2 atom stereocenters. The van der Waals surface area contributed by atoms with Gasteiger partial charge in [-0.15, -0.1) is 0 Å². The summed E-state index contributed by atoms with van der Waals surface area (Å²) in [5, 5.41) is 20.8. The zero-order chi connectivity index (χ0) is 23.6. The van der Waals surface area contributed by atoms with Crippen LogP contribution in [-0.2, 0) is 6.42 Å². The molecule has 31 heavy (non-hydrogen) atoms. The van der Waals surface area contributed by atoms with E-state index in [2.05, 4.69) is 40.7 Å². The molecule has 0 aliphatic rings. The topological polar surface area (TPSA) is 40.5 Å². The smallest absolute Gasteiger partial charge is 0.122 e. The van der Waals surface area contributed by atoms with E-state index in [9.17, 15) is 10.2 Å². The van der Waals surface area contributed by atoms with Crippen LogP contribution in [0.5, 0.6) is 11.5 Å². The first kappa shape index (κ1) is 27.6. The summed E-state index contributed by atoms with van der Waals surface area (Å²) in [6, 6.07) is 0. The van der Waals surface area contributed by atoms with E-state index in [4.69, 9.17) is 0 Å². The van der Waals surface area contributed by atoms with Crippen LogP contribution in [0.15, 0.2) is 11.6 Å². The molecule has 1 rings (SSSR count). The fourth-order valence-electron chi connectivity index (χ4n) is 4.51. The van der Waals surface area contributed by atoms with Crippen molar-refractivity contribution in [3.05, 3.63) is 33.9 Å². The van der Waals surface area contributed by atoms with Gasteiger partial charge in [-0.25, -0.2) is 0 Å². The normalized spacial score (nSPS) is 14.3. The van der Waals surface area contributed by atoms with Gasteiger partial charge in [-0.1, -0.05) is 77.9 Å². The molecule has 178 valence electrons. The van der Waals surface area contributed by atoms with E-state index in [-0.39, 0.29) is 0 Å². The number of aromatic hydroxyl groups is 2. The predicted molar refractivity (Wildman–Crippen MR) is 136 cm³/mol. The number of phenols is 2. The van der Waals surface area contributed by atoms with E-state index in [1.165, 1.54) is 50.5 Å². The van der Waals surface area contributed by atoms with Crippen molar-refractivity contribution in [1.82, 2.24) is 0 Å². The molecule has 0 aliphatic carbocycles.